The summed E-state index contributed by atoms with van der Waals surface area (Å²) >= 11 is 0. The van der Waals surface area contributed by atoms with Crippen molar-refractivity contribution in [2.45, 2.75) is 70.4 Å². The average Bonchev–Trinajstić information content (AvgIpc) is 2.54. The molecule has 0 aromatic heterocycles. The first-order chi connectivity index (χ1) is 9.60. The standard InChI is InChI=1S/C16H31N3O/c1-3-16(17,4-2)15(20)19-12-8-14(9-13-19)18-10-6-5-7-11-18/h14H,3-13,17H2,1-2H3. The summed E-state index contributed by atoms with van der Waals surface area (Å²) in [6.45, 7) is 8.31. The molecule has 2 heterocycles. The number of nitrogens with zero attached hydrogens (tertiary/aromatic N) is 2. The van der Waals surface area contributed by atoms with E-state index in [9.17, 15) is 4.79 Å². The number of hydrogen-bond acceptors (Lipinski definition) is 3. The number of rotatable bonds is 4. The zero-order chi connectivity index (χ0) is 14.6. The van der Waals surface area contributed by atoms with E-state index in [0.29, 0.717) is 6.04 Å². The van der Waals surface area contributed by atoms with E-state index in [-0.39, 0.29) is 5.91 Å². The fourth-order valence-electron chi connectivity index (χ4n) is 3.58. The molecule has 2 saturated heterocycles. The SMILES string of the molecule is CCC(N)(CC)C(=O)N1CCC(N2CCCCC2)CC1. The minimum absolute atomic E-state index is 0.166. The predicted octanol–water partition coefficient (Wildman–Crippen LogP) is 1.98. The third-order valence-electron chi connectivity index (χ3n) is 5.35. The maximum absolute atomic E-state index is 12.6. The summed E-state index contributed by atoms with van der Waals surface area (Å²) in [6, 6.07) is 0.690. The van der Waals surface area contributed by atoms with Crippen LogP contribution < -0.4 is 5.73 Å². The van der Waals surface area contributed by atoms with Crippen LogP contribution in [0.25, 0.3) is 0 Å². The second-order valence-electron chi connectivity index (χ2n) is 6.48. The summed E-state index contributed by atoms with van der Waals surface area (Å²) in [4.78, 5) is 17.2. The first-order valence-corrected chi connectivity index (χ1v) is 8.43. The molecular formula is C16H31N3O. The molecule has 0 aromatic rings. The van der Waals surface area contributed by atoms with Gasteiger partial charge in [-0.1, -0.05) is 20.3 Å². The van der Waals surface area contributed by atoms with Crippen molar-refractivity contribution in [3.05, 3.63) is 0 Å². The van der Waals surface area contributed by atoms with Crippen molar-refractivity contribution in [2.75, 3.05) is 26.2 Å². The fourth-order valence-corrected chi connectivity index (χ4v) is 3.58. The van der Waals surface area contributed by atoms with Crippen LogP contribution in [0.5, 0.6) is 0 Å². The number of likely N-dealkylation sites (tertiary alicyclic amines) is 2. The summed E-state index contributed by atoms with van der Waals surface area (Å²) in [5.74, 6) is 0.166. The van der Waals surface area contributed by atoms with E-state index in [2.05, 4.69) is 4.90 Å². The Morgan fingerprint density at radius 1 is 1.05 bits per heavy atom. The lowest BCUT2D eigenvalue weighted by Crippen LogP contribution is -2.57. The number of carbonyl (C=O) groups is 1. The molecule has 0 unspecified atom stereocenters. The maximum Gasteiger partial charge on any atom is 0.242 e. The lowest BCUT2D eigenvalue weighted by Gasteiger charge is -2.42. The van der Waals surface area contributed by atoms with Crippen molar-refractivity contribution in [3.8, 4) is 0 Å². The third-order valence-corrected chi connectivity index (χ3v) is 5.35. The number of piperidine rings is 2. The van der Waals surface area contributed by atoms with Gasteiger partial charge in [0.05, 0.1) is 5.54 Å². The second kappa shape index (κ2) is 6.90. The summed E-state index contributed by atoms with van der Waals surface area (Å²) in [6.07, 6.45) is 7.78. The Kier molecular flexibility index (Phi) is 5.44. The number of nitrogens with two attached hydrogens (primary N) is 1. The van der Waals surface area contributed by atoms with Crippen LogP contribution in [0.3, 0.4) is 0 Å². The monoisotopic (exact) mass is 281 g/mol. The van der Waals surface area contributed by atoms with Gasteiger partial charge in [0.25, 0.3) is 0 Å². The largest absolute Gasteiger partial charge is 0.341 e. The van der Waals surface area contributed by atoms with Gasteiger partial charge >= 0.3 is 0 Å². The highest BCUT2D eigenvalue weighted by molar-refractivity contribution is 5.86. The second-order valence-corrected chi connectivity index (χ2v) is 6.48. The quantitative estimate of drug-likeness (QED) is 0.857. The van der Waals surface area contributed by atoms with Crippen LogP contribution in [-0.4, -0.2) is 53.5 Å². The van der Waals surface area contributed by atoms with Crippen LogP contribution in [0.2, 0.25) is 0 Å². The van der Waals surface area contributed by atoms with Crippen molar-refractivity contribution in [3.63, 3.8) is 0 Å². The molecular weight excluding hydrogens is 250 g/mol. The van der Waals surface area contributed by atoms with E-state index in [4.69, 9.17) is 5.73 Å². The number of carbonyl (C=O) groups excluding carboxylic acids is 1. The average molecular weight is 281 g/mol. The summed E-state index contributed by atoms with van der Waals surface area (Å²) in [5, 5.41) is 0. The highest BCUT2D eigenvalue weighted by Gasteiger charge is 2.36. The van der Waals surface area contributed by atoms with Crippen LogP contribution in [-0.2, 0) is 4.79 Å². The Balaban J connectivity index is 1.85. The van der Waals surface area contributed by atoms with Crippen molar-refractivity contribution >= 4 is 5.91 Å². The van der Waals surface area contributed by atoms with Gasteiger partial charge in [-0.2, -0.15) is 0 Å². The van der Waals surface area contributed by atoms with Gasteiger partial charge in [-0.05, 0) is 51.6 Å². The summed E-state index contributed by atoms with van der Waals surface area (Å²) in [5.41, 5.74) is 5.61. The van der Waals surface area contributed by atoms with Crippen molar-refractivity contribution in [2.24, 2.45) is 5.73 Å². The Bertz CT molecular complexity index is 314. The van der Waals surface area contributed by atoms with Gasteiger partial charge in [-0.3, -0.25) is 4.79 Å². The highest BCUT2D eigenvalue weighted by atomic mass is 16.2. The lowest BCUT2D eigenvalue weighted by molar-refractivity contribution is -0.139. The van der Waals surface area contributed by atoms with E-state index < -0.39 is 5.54 Å². The fraction of sp³-hybridized carbons (Fsp3) is 0.938. The Morgan fingerprint density at radius 2 is 1.60 bits per heavy atom. The number of hydrogen-bond donors (Lipinski definition) is 1. The van der Waals surface area contributed by atoms with E-state index in [1.165, 1.54) is 32.4 Å². The van der Waals surface area contributed by atoms with E-state index in [1.54, 1.807) is 0 Å². The molecule has 0 atom stereocenters. The molecule has 2 aliphatic heterocycles. The van der Waals surface area contributed by atoms with E-state index >= 15 is 0 Å². The molecule has 2 N–H and O–H groups in total. The number of amides is 1. The maximum atomic E-state index is 12.6. The van der Waals surface area contributed by atoms with Gasteiger partial charge in [0.2, 0.25) is 5.91 Å². The molecule has 0 bridgehead atoms. The zero-order valence-corrected chi connectivity index (χ0v) is 13.2. The van der Waals surface area contributed by atoms with Crippen molar-refractivity contribution in [1.29, 1.82) is 0 Å². The molecule has 0 saturated carbocycles. The minimum Gasteiger partial charge on any atom is -0.341 e. The van der Waals surface area contributed by atoms with Crippen LogP contribution >= 0.6 is 0 Å². The molecule has 1 amide bonds. The van der Waals surface area contributed by atoms with E-state index in [0.717, 1.165) is 38.8 Å². The van der Waals surface area contributed by atoms with Crippen LogP contribution in [0.15, 0.2) is 0 Å². The molecule has 2 rings (SSSR count). The Labute approximate surface area is 123 Å². The molecule has 4 heteroatoms. The molecule has 4 nitrogen and oxygen atoms in total. The van der Waals surface area contributed by atoms with Gasteiger partial charge in [-0.15, -0.1) is 0 Å². The molecule has 0 spiro atoms. The molecule has 2 fully saturated rings. The van der Waals surface area contributed by atoms with Crippen molar-refractivity contribution in [1.82, 2.24) is 9.80 Å². The van der Waals surface area contributed by atoms with Gasteiger partial charge in [0.1, 0.15) is 0 Å². The van der Waals surface area contributed by atoms with Crippen LogP contribution in [0.1, 0.15) is 58.8 Å². The van der Waals surface area contributed by atoms with Crippen molar-refractivity contribution < 1.29 is 4.79 Å². The van der Waals surface area contributed by atoms with E-state index in [1.807, 2.05) is 18.7 Å². The van der Waals surface area contributed by atoms with Gasteiger partial charge < -0.3 is 15.5 Å². The molecule has 0 radical (unpaired) electrons. The van der Waals surface area contributed by atoms with Crippen LogP contribution in [0, 0.1) is 0 Å². The molecule has 0 aromatic carbocycles. The smallest absolute Gasteiger partial charge is 0.242 e. The molecule has 2 aliphatic rings. The third kappa shape index (κ3) is 3.34. The molecule has 116 valence electrons. The normalized spacial score (nSPS) is 23.1. The first kappa shape index (κ1) is 15.8. The van der Waals surface area contributed by atoms with Gasteiger partial charge in [0.15, 0.2) is 0 Å². The van der Waals surface area contributed by atoms with Gasteiger partial charge in [-0.25, -0.2) is 0 Å². The first-order valence-electron chi connectivity index (χ1n) is 8.43. The Hall–Kier alpha value is -0.610. The van der Waals surface area contributed by atoms with Gasteiger partial charge in [0, 0.05) is 19.1 Å². The Morgan fingerprint density at radius 3 is 2.10 bits per heavy atom. The predicted molar refractivity (Wildman–Crippen MR) is 82.5 cm³/mol. The highest BCUT2D eigenvalue weighted by Crippen LogP contribution is 2.23. The summed E-state index contributed by atoms with van der Waals surface area (Å²) < 4.78 is 0. The molecule has 20 heavy (non-hydrogen) atoms. The molecule has 0 aliphatic carbocycles. The minimum atomic E-state index is -0.641. The van der Waals surface area contributed by atoms with Crippen LogP contribution in [0.4, 0.5) is 0 Å². The zero-order valence-electron chi connectivity index (χ0n) is 13.2. The summed E-state index contributed by atoms with van der Waals surface area (Å²) in [7, 11) is 0. The lowest BCUT2D eigenvalue weighted by atomic mass is 9.91. The topological polar surface area (TPSA) is 49.6 Å².